The Labute approximate surface area is 244 Å². The molecular formula is C28H34F4N8O3. The molecule has 15 heteroatoms. The number of carbonyl (C=O) groups excluding carboxylic acids is 2. The minimum Gasteiger partial charge on any atom is -0.358 e. The number of rotatable bonds is 10. The van der Waals surface area contributed by atoms with Crippen molar-refractivity contribution in [3.8, 4) is 0 Å². The molecule has 1 unspecified atom stereocenters. The molecule has 0 bridgehead atoms. The SMILES string of the molecule is CN(C)c1nonc1C(=O)N[C@H](c1cn2ncc(C(NC(=O)CC3CC(F)(F)C3)C3CC3)cc2n1)C1CCC(F)(F)CC1. The second-order valence-electron chi connectivity index (χ2n) is 12.4. The summed E-state index contributed by atoms with van der Waals surface area (Å²) >= 11 is 0. The van der Waals surface area contributed by atoms with Crippen molar-refractivity contribution in [2.24, 2.45) is 17.8 Å². The lowest BCUT2D eigenvalue weighted by Gasteiger charge is -2.34. The van der Waals surface area contributed by atoms with Crippen LogP contribution < -0.4 is 15.5 Å². The third-order valence-corrected chi connectivity index (χ3v) is 8.73. The van der Waals surface area contributed by atoms with Crippen molar-refractivity contribution in [1.29, 1.82) is 0 Å². The third kappa shape index (κ3) is 6.44. The van der Waals surface area contributed by atoms with Gasteiger partial charge in [-0.2, -0.15) is 5.10 Å². The first kappa shape index (κ1) is 29.3. The molecule has 3 aromatic heterocycles. The van der Waals surface area contributed by atoms with Crippen LogP contribution >= 0.6 is 0 Å². The fourth-order valence-electron chi connectivity index (χ4n) is 6.22. The van der Waals surface area contributed by atoms with Crippen molar-refractivity contribution in [3.05, 3.63) is 35.4 Å². The summed E-state index contributed by atoms with van der Waals surface area (Å²) in [7, 11) is 3.37. The molecule has 43 heavy (non-hydrogen) atoms. The molecule has 3 heterocycles. The highest BCUT2D eigenvalue weighted by Crippen LogP contribution is 2.45. The van der Waals surface area contributed by atoms with E-state index in [0.29, 0.717) is 11.3 Å². The number of halogens is 4. The van der Waals surface area contributed by atoms with Gasteiger partial charge in [-0.15, -0.1) is 0 Å². The van der Waals surface area contributed by atoms with E-state index in [0.717, 1.165) is 18.4 Å². The molecule has 0 saturated heterocycles. The molecule has 2 atom stereocenters. The van der Waals surface area contributed by atoms with Crippen molar-refractivity contribution in [1.82, 2.24) is 35.5 Å². The van der Waals surface area contributed by atoms with Gasteiger partial charge in [0.2, 0.25) is 29.3 Å². The number of nitrogens with zero attached hydrogens (tertiary/aromatic N) is 6. The van der Waals surface area contributed by atoms with Crippen LogP contribution in [0.5, 0.6) is 0 Å². The molecule has 3 saturated carbocycles. The monoisotopic (exact) mass is 606 g/mol. The number of alkyl halides is 4. The molecule has 0 aliphatic heterocycles. The number of carbonyl (C=O) groups is 2. The number of hydrogen-bond donors (Lipinski definition) is 2. The largest absolute Gasteiger partial charge is 0.358 e. The van der Waals surface area contributed by atoms with Gasteiger partial charge >= 0.3 is 0 Å². The van der Waals surface area contributed by atoms with Crippen LogP contribution in [-0.2, 0) is 4.79 Å². The van der Waals surface area contributed by atoms with Gasteiger partial charge in [0.15, 0.2) is 5.65 Å². The minimum absolute atomic E-state index is 0.0334. The summed E-state index contributed by atoms with van der Waals surface area (Å²) in [5, 5.41) is 17.9. The summed E-state index contributed by atoms with van der Waals surface area (Å²) in [5.41, 5.74) is 1.62. The molecule has 0 aromatic carbocycles. The van der Waals surface area contributed by atoms with Crippen LogP contribution in [0.15, 0.2) is 23.1 Å². The molecule has 0 spiro atoms. The number of fused-ring (bicyclic) bond motifs is 1. The smallest absolute Gasteiger partial charge is 0.278 e. The van der Waals surface area contributed by atoms with Crippen molar-refractivity contribution in [3.63, 3.8) is 0 Å². The summed E-state index contributed by atoms with van der Waals surface area (Å²) < 4.78 is 60.8. The van der Waals surface area contributed by atoms with Crippen LogP contribution in [0.2, 0.25) is 0 Å². The summed E-state index contributed by atoms with van der Waals surface area (Å²) in [6, 6.07) is 0.766. The Bertz CT molecular complexity index is 1490. The lowest BCUT2D eigenvalue weighted by atomic mass is 9.79. The molecule has 11 nitrogen and oxygen atoms in total. The first-order chi connectivity index (χ1) is 20.4. The van der Waals surface area contributed by atoms with Crippen LogP contribution in [0.1, 0.15) is 91.6 Å². The topological polar surface area (TPSA) is 131 Å². The van der Waals surface area contributed by atoms with Gasteiger partial charge < -0.3 is 15.5 Å². The highest BCUT2D eigenvalue weighted by Gasteiger charge is 2.46. The van der Waals surface area contributed by atoms with E-state index in [9.17, 15) is 27.2 Å². The highest BCUT2D eigenvalue weighted by atomic mass is 19.3. The van der Waals surface area contributed by atoms with Gasteiger partial charge in [-0.25, -0.2) is 31.7 Å². The van der Waals surface area contributed by atoms with E-state index in [2.05, 4.69) is 26.0 Å². The van der Waals surface area contributed by atoms with Gasteiger partial charge in [-0.05, 0) is 65.4 Å². The molecule has 0 radical (unpaired) electrons. The summed E-state index contributed by atoms with van der Waals surface area (Å²) in [6.07, 6.45) is 4.44. The van der Waals surface area contributed by atoms with Gasteiger partial charge in [-0.1, -0.05) is 0 Å². The molecule has 2 amide bonds. The maximum absolute atomic E-state index is 14.0. The Hall–Kier alpha value is -3.78. The van der Waals surface area contributed by atoms with Crippen molar-refractivity contribution in [2.75, 3.05) is 19.0 Å². The van der Waals surface area contributed by atoms with Crippen molar-refractivity contribution >= 4 is 23.3 Å². The predicted octanol–water partition coefficient (Wildman–Crippen LogP) is 4.48. The molecule has 2 N–H and O–H groups in total. The van der Waals surface area contributed by atoms with E-state index in [1.54, 1.807) is 42.0 Å². The molecule has 3 aromatic rings. The number of amides is 2. The zero-order valence-corrected chi connectivity index (χ0v) is 23.9. The number of aromatic nitrogens is 5. The summed E-state index contributed by atoms with van der Waals surface area (Å²) in [4.78, 5) is 32.3. The average Bonchev–Trinajstić information content (AvgIpc) is 3.47. The van der Waals surface area contributed by atoms with E-state index in [-0.39, 0.29) is 86.2 Å². The van der Waals surface area contributed by atoms with Gasteiger partial charge in [0.1, 0.15) is 0 Å². The van der Waals surface area contributed by atoms with Gasteiger partial charge in [0, 0.05) is 46.2 Å². The second kappa shape index (κ2) is 11.1. The predicted molar refractivity (Wildman–Crippen MR) is 145 cm³/mol. The molecule has 3 fully saturated rings. The minimum atomic E-state index is -2.75. The van der Waals surface area contributed by atoms with Crippen LogP contribution in [0.4, 0.5) is 23.4 Å². The summed E-state index contributed by atoms with van der Waals surface area (Å²) in [6.45, 7) is 0. The lowest BCUT2D eigenvalue weighted by Crippen LogP contribution is -2.39. The van der Waals surface area contributed by atoms with Gasteiger partial charge in [0.05, 0.1) is 30.2 Å². The van der Waals surface area contributed by atoms with Crippen LogP contribution in [0.3, 0.4) is 0 Å². The fourth-order valence-corrected chi connectivity index (χ4v) is 6.22. The average molecular weight is 607 g/mol. The normalized spacial score (nSPS) is 21.6. The molecule has 6 rings (SSSR count). The quantitative estimate of drug-likeness (QED) is 0.323. The second-order valence-corrected chi connectivity index (χ2v) is 12.4. The fraction of sp³-hybridized carbons (Fsp3) is 0.643. The maximum atomic E-state index is 14.0. The van der Waals surface area contributed by atoms with Gasteiger partial charge in [0.25, 0.3) is 5.91 Å². The molecular weight excluding hydrogens is 572 g/mol. The lowest BCUT2D eigenvalue weighted by molar-refractivity contribution is -0.134. The van der Waals surface area contributed by atoms with E-state index in [4.69, 9.17) is 9.61 Å². The Balaban J connectivity index is 1.24. The molecule has 3 aliphatic rings. The van der Waals surface area contributed by atoms with E-state index in [1.165, 1.54) is 0 Å². The Morgan fingerprint density at radius 2 is 1.72 bits per heavy atom. The maximum Gasteiger partial charge on any atom is 0.278 e. The van der Waals surface area contributed by atoms with E-state index in [1.807, 2.05) is 0 Å². The van der Waals surface area contributed by atoms with Crippen molar-refractivity contribution < 1.29 is 31.8 Å². The van der Waals surface area contributed by atoms with E-state index < -0.39 is 23.8 Å². The van der Waals surface area contributed by atoms with Crippen LogP contribution in [-0.4, -0.2) is 62.7 Å². The third-order valence-electron chi connectivity index (χ3n) is 8.73. The first-order valence-electron chi connectivity index (χ1n) is 14.6. The zero-order chi connectivity index (χ0) is 30.5. The molecule has 3 aliphatic carbocycles. The number of imidazole rings is 1. The Morgan fingerprint density at radius 1 is 1.02 bits per heavy atom. The van der Waals surface area contributed by atoms with Crippen LogP contribution in [0.25, 0.3) is 5.65 Å². The first-order valence-corrected chi connectivity index (χ1v) is 14.6. The Kier molecular flexibility index (Phi) is 7.53. The number of nitrogens with one attached hydrogen (secondary N) is 2. The highest BCUT2D eigenvalue weighted by molar-refractivity contribution is 5.96. The zero-order valence-electron chi connectivity index (χ0n) is 23.9. The van der Waals surface area contributed by atoms with Gasteiger partial charge in [-0.3, -0.25) is 9.59 Å². The number of hydrogen-bond acceptors (Lipinski definition) is 8. The summed E-state index contributed by atoms with van der Waals surface area (Å²) in [5.74, 6) is -6.46. The van der Waals surface area contributed by atoms with Crippen molar-refractivity contribution in [2.45, 2.75) is 81.7 Å². The van der Waals surface area contributed by atoms with E-state index >= 15 is 0 Å². The standard InChI is InChI=1S/C28H34F4N8O3/c1-39(2)25-24(37-43-38-25)26(42)36-23(17-5-7-27(29,30)8-6-17)19-14-40-20(34-19)10-18(13-33-40)22(16-3-4-16)35-21(41)9-15-11-28(31,32)12-15/h10,13-17,22-23H,3-9,11-12H2,1-2H3,(H,35,41)(H,36,42)/t22?,23-/m0/s1. The Morgan fingerprint density at radius 3 is 2.37 bits per heavy atom. The number of anilines is 1. The van der Waals surface area contributed by atoms with Crippen LogP contribution in [0, 0.1) is 17.8 Å². The molecule has 232 valence electrons.